The maximum absolute atomic E-state index is 11.1. The highest BCUT2D eigenvalue weighted by Gasteiger charge is 2.39. The second-order valence-electron chi connectivity index (χ2n) is 8.07. The molecule has 6 nitrogen and oxygen atoms in total. The first kappa shape index (κ1) is 26.0. The molecule has 0 bridgehead atoms. The highest BCUT2D eigenvalue weighted by Crippen LogP contribution is 2.26. The average Bonchev–Trinajstić information content (AvgIpc) is 2.52. The number of carbonyl (C=O) groups excluding carboxylic acids is 2. The van der Waals surface area contributed by atoms with E-state index in [1.54, 1.807) is 0 Å². The summed E-state index contributed by atoms with van der Waals surface area (Å²) in [5.74, 6) is -0.778. The van der Waals surface area contributed by atoms with Gasteiger partial charge in [-0.15, -0.1) is 0 Å². The smallest absolute Gasteiger partial charge is 0.330 e. The Morgan fingerprint density at radius 2 is 1.07 bits per heavy atom. The van der Waals surface area contributed by atoms with E-state index in [-0.39, 0.29) is 11.9 Å². The topological polar surface area (TPSA) is 71.1 Å². The van der Waals surface area contributed by atoms with Crippen molar-refractivity contribution in [3.05, 3.63) is 25.3 Å². The van der Waals surface area contributed by atoms with E-state index in [2.05, 4.69) is 52.4 Å². The molecule has 0 aromatic carbocycles. The van der Waals surface area contributed by atoms with Crippen LogP contribution in [0.5, 0.6) is 0 Å². The normalized spacial score (nSPS) is 12.4. The lowest BCUT2D eigenvalue weighted by Crippen LogP contribution is -2.52. The Bertz CT molecular complexity index is 473. The summed E-state index contributed by atoms with van der Waals surface area (Å²) in [6.45, 7) is 20.4. The molecule has 0 rings (SSSR count). The van der Waals surface area contributed by atoms with E-state index in [1.807, 2.05) is 0 Å². The molecular weight excluding hydrogens is 396 g/mol. The first-order valence-electron chi connectivity index (χ1n) is 9.31. The number of rotatable bonds is 14. The molecular formula is C18H36O6Si3. The summed E-state index contributed by atoms with van der Waals surface area (Å²) >= 11 is 0. The molecule has 0 heterocycles. The van der Waals surface area contributed by atoms with Gasteiger partial charge in [-0.05, 0) is 64.2 Å². The zero-order valence-electron chi connectivity index (χ0n) is 17.8. The van der Waals surface area contributed by atoms with E-state index in [1.165, 1.54) is 12.2 Å². The van der Waals surface area contributed by atoms with Crippen molar-refractivity contribution >= 4 is 37.1 Å². The van der Waals surface area contributed by atoms with Gasteiger partial charge in [0.2, 0.25) is 0 Å². The van der Waals surface area contributed by atoms with E-state index in [0.29, 0.717) is 13.2 Å². The molecule has 0 aliphatic heterocycles. The second-order valence-corrected chi connectivity index (χ2v) is 20.5. The van der Waals surface area contributed by atoms with Crippen molar-refractivity contribution in [2.75, 3.05) is 13.2 Å². The van der Waals surface area contributed by atoms with E-state index < -0.39 is 25.2 Å². The molecule has 0 saturated carbocycles. The van der Waals surface area contributed by atoms with Gasteiger partial charge in [-0.25, -0.2) is 9.59 Å². The quantitative estimate of drug-likeness (QED) is 0.176. The molecule has 0 spiro atoms. The molecule has 0 aliphatic carbocycles. The minimum absolute atomic E-state index is 0.386. The minimum Gasteiger partial charge on any atom is -0.463 e. The van der Waals surface area contributed by atoms with Gasteiger partial charge < -0.3 is 17.7 Å². The number of esters is 2. The lowest BCUT2D eigenvalue weighted by Gasteiger charge is -2.38. The molecule has 0 aromatic heterocycles. The maximum Gasteiger partial charge on any atom is 0.330 e. The Kier molecular flexibility index (Phi) is 11.3. The minimum atomic E-state index is -2.28. The molecule has 0 aliphatic rings. The third-order valence-electron chi connectivity index (χ3n) is 3.71. The Labute approximate surface area is 167 Å². The summed E-state index contributed by atoms with van der Waals surface area (Å²) in [6.07, 6.45) is 3.90. The van der Waals surface area contributed by atoms with E-state index in [4.69, 9.17) is 17.7 Å². The Hall–Kier alpha value is -1.01. The van der Waals surface area contributed by atoms with Gasteiger partial charge >= 0.3 is 20.5 Å². The number of carbonyl (C=O) groups is 2. The van der Waals surface area contributed by atoms with Crippen LogP contribution in [-0.2, 0) is 27.3 Å². The zero-order chi connectivity index (χ0) is 21.1. The first-order valence-corrected chi connectivity index (χ1v) is 18.4. The molecule has 9 heteroatoms. The molecule has 0 aromatic rings. The van der Waals surface area contributed by atoms with Gasteiger partial charge in [-0.2, -0.15) is 0 Å². The predicted molar refractivity (Wildman–Crippen MR) is 116 cm³/mol. The molecule has 0 saturated heterocycles. The van der Waals surface area contributed by atoms with E-state index >= 15 is 0 Å². The molecule has 0 N–H and O–H groups in total. The number of hydrogen-bond donors (Lipinski definition) is 0. The Morgan fingerprint density at radius 3 is 1.37 bits per heavy atom. The van der Waals surface area contributed by atoms with Crippen LogP contribution in [0.4, 0.5) is 0 Å². The van der Waals surface area contributed by atoms with Crippen LogP contribution in [0.15, 0.2) is 25.3 Å². The summed E-state index contributed by atoms with van der Waals surface area (Å²) < 4.78 is 23.0. The van der Waals surface area contributed by atoms with Crippen molar-refractivity contribution < 1.29 is 27.3 Å². The summed E-state index contributed by atoms with van der Waals surface area (Å²) in [5, 5.41) is 0. The molecule has 0 fully saturated rings. The fourth-order valence-corrected chi connectivity index (χ4v) is 16.9. The Morgan fingerprint density at radius 1 is 0.741 bits per heavy atom. The molecule has 27 heavy (non-hydrogen) atoms. The van der Waals surface area contributed by atoms with Crippen LogP contribution in [0.1, 0.15) is 12.8 Å². The van der Waals surface area contributed by atoms with Gasteiger partial charge in [0.05, 0.1) is 13.2 Å². The summed E-state index contributed by atoms with van der Waals surface area (Å²) in [5.41, 5.74) is 0. The first-order chi connectivity index (χ1) is 12.3. The van der Waals surface area contributed by atoms with Gasteiger partial charge in [0.15, 0.2) is 16.6 Å². The fourth-order valence-electron chi connectivity index (χ4n) is 2.91. The molecule has 0 amide bonds. The summed E-state index contributed by atoms with van der Waals surface area (Å²) in [7, 11) is -6.11. The van der Waals surface area contributed by atoms with Crippen molar-refractivity contribution in [3.63, 3.8) is 0 Å². The van der Waals surface area contributed by atoms with Gasteiger partial charge in [-0.3, -0.25) is 0 Å². The predicted octanol–water partition coefficient (Wildman–Crippen LogP) is 4.37. The SMILES string of the molecule is C=CC(=O)OCCC[Si](C)(C)O[Si](C)(C)O[Si](C)(C)CCCOC(=O)C=C. The lowest BCUT2D eigenvalue weighted by molar-refractivity contribution is -0.138. The number of hydrogen-bond acceptors (Lipinski definition) is 6. The van der Waals surface area contributed by atoms with Crippen molar-refractivity contribution in [2.24, 2.45) is 0 Å². The standard InChI is InChI=1S/C18H36O6Si3/c1-9-17(19)21-13-11-15-25(3,4)23-27(7,8)24-26(5,6)16-12-14-22-18(20)10-2/h9-10H,1-2,11-16H2,3-8H3. The molecule has 156 valence electrons. The zero-order valence-corrected chi connectivity index (χ0v) is 20.8. The van der Waals surface area contributed by atoms with Crippen LogP contribution in [0, 0.1) is 0 Å². The monoisotopic (exact) mass is 432 g/mol. The third kappa shape index (κ3) is 13.8. The van der Waals surface area contributed by atoms with Crippen LogP contribution < -0.4 is 0 Å². The van der Waals surface area contributed by atoms with Crippen molar-refractivity contribution in [1.29, 1.82) is 0 Å². The lowest BCUT2D eigenvalue weighted by atomic mass is 10.5. The van der Waals surface area contributed by atoms with Crippen molar-refractivity contribution in [1.82, 2.24) is 0 Å². The van der Waals surface area contributed by atoms with Crippen LogP contribution in [0.25, 0.3) is 0 Å². The van der Waals surface area contributed by atoms with E-state index in [0.717, 1.165) is 24.9 Å². The van der Waals surface area contributed by atoms with Crippen LogP contribution in [-0.4, -0.2) is 50.3 Å². The summed E-state index contributed by atoms with van der Waals surface area (Å²) in [6, 6.07) is 1.80. The number of ether oxygens (including phenoxy) is 2. The third-order valence-corrected chi connectivity index (χ3v) is 15.2. The van der Waals surface area contributed by atoms with Gasteiger partial charge in [0.25, 0.3) is 0 Å². The summed E-state index contributed by atoms with van der Waals surface area (Å²) in [4.78, 5) is 22.2. The fraction of sp³-hybridized carbons (Fsp3) is 0.667. The average molecular weight is 433 g/mol. The molecule has 0 radical (unpaired) electrons. The van der Waals surface area contributed by atoms with Crippen molar-refractivity contribution in [2.45, 2.75) is 64.2 Å². The Balaban J connectivity index is 4.39. The highest BCUT2D eigenvalue weighted by atomic mass is 28.5. The van der Waals surface area contributed by atoms with Crippen molar-refractivity contribution in [3.8, 4) is 0 Å². The maximum atomic E-state index is 11.1. The largest absolute Gasteiger partial charge is 0.463 e. The van der Waals surface area contributed by atoms with Crippen LogP contribution in [0.3, 0.4) is 0 Å². The van der Waals surface area contributed by atoms with E-state index in [9.17, 15) is 9.59 Å². The van der Waals surface area contributed by atoms with Gasteiger partial charge in [0.1, 0.15) is 0 Å². The van der Waals surface area contributed by atoms with Crippen LogP contribution >= 0.6 is 0 Å². The van der Waals surface area contributed by atoms with Crippen LogP contribution in [0.2, 0.25) is 51.4 Å². The second kappa shape index (κ2) is 11.7. The molecule has 0 unspecified atom stereocenters. The van der Waals surface area contributed by atoms with Gasteiger partial charge in [-0.1, -0.05) is 13.2 Å². The molecule has 0 atom stereocenters. The van der Waals surface area contributed by atoms with Gasteiger partial charge in [0, 0.05) is 12.2 Å². The highest BCUT2D eigenvalue weighted by molar-refractivity contribution is 6.87.